The average Bonchev–Trinajstić information content (AvgIpc) is 2.62. The van der Waals surface area contributed by atoms with Gasteiger partial charge in [-0.2, -0.15) is 0 Å². The topological polar surface area (TPSA) is 59.0 Å². The van der Waals surface area contributed by atoms with Crippen LogP contribution >= 0.6 is 0 Å². The number of carbonyl (C=O) groups excluding carboxylic acids is 1. The summed E-state index contributed by atoms with van der Waals surface area (Å²) >= 11 is 0. The molecule has 21 heavy (non-hydrogen) atoms. The molecule has 2 atom stereocenters. The van der Waals surface area contributed by atoms with Gasteiger partial charge in [-0.15, -0.1) is 0 Å². The molecule has 1 rings (SSSR count). The van der Waals surface area contributed by atoms with Crippen molar-refractivity contribution in [3.05, 3.63) is 12.2 Å². The SMILES string of the molecule is C/C=C/[C@H](CCO)[C@H]1COC(C)(C)N1C(=O)OC(C)(C)C. The fourth-order valence-corrected chi connectivity index (χ4v) is 2.63. The number of nitrogens with zero attached hydrogens (tertiary/aromatic N) is 1. The highest BCUT2D eigenvalue weighted by Gasteiger charge is 2.47. The van der Waals surface area contributed by atoms with Crippen molar-refractivity contribution in [3.63, 3.8) is 0 Å². The molecule has 1 fully saturated rings. The first-order chi connectivity index (χ1) is 9.62. The minimum atomic E-state index is -0.706. The second-order valence-electron chi connectivity index (χ2n) is 6.88. The Morgan fingerprint density at radius 2 is 2.14 bits per heavy atom. The van der Waals surface area contributed by atoms with Crippen LogP contribution in [0.1, 0.15) is 48.0 Å². The highest BCUT2D eigenvalue weighted by Crippen LogP contribution is 2.34. The molecular formula is C16H29NO4. The van der Waals surface area contributed by atoms with Crippen LogP contribution in [0.2, 0.25) is 0 Å². The monoisotopic (exact) mass is 299 g/mol. The van der Waals surface area contributed by atoms with E-state index >= 15 is 0 Å². The summed E-state index contributed by atoms with van der Waals surface area (Å²) in [5.41, 5.74) is -1.25. The lowest BCUT2D eigenvalue weighted by Gasteiger charge is -2.37. The Kier molecular flexibility index (Phi) is 5.82. The van der Waals surface area contributed by atoms with Gasteiger partial charge in [0, 0.05) is 12.5 Å². The van der Waals surface area contributed by atoms with E-state index in [-0.39, 0.29) is 24.7 Å². The minimum absolute atomic E-state index is 0.0503. The first kappa shape index (κ1) is 18.0. The van der Waals surface area contributed by atoms with E-state index in [1.54, 1.807) is 4.90 Å². The number of carbonyl (C=O) groups is 1. The Morgan fingerprint density at radius 3 is 2.62 bits per heavy atom. The third kappa shape index (κ3) is 4.71. The molecule has 0 unspecified atom stereocenters. The molecule has 0 aromatic heterocycles. The maximum Gasteiger partial charge on any atom is 0.412 e. The summed E-state index contributed by atoms with van der Waals surface area (Å²) in [6.45, 7) is 11.7. The molecule has 5 heteroatoms. The summed E-state index contributed by atoms with van der Waals surface area (Å²) in [4.78, 5) is 14.2. The molecule has 0 aromatic rings. The van der Waals surface area contributed by atoms with Crippen molar-refractivity contribution in [1.82, 2.24) is 4.90 Å². The lowest BCUT2D eigenvalue weighted by Crippen LogP contribution is -2.51. The molecule has 0 aliphatic carbocycles. The van der Waals surface area contributed by atoms with Gasteiger partial charge in [0.1, 0.15) is 11.3 Å². The largest absolute Gasteiger partial charge is 0.444 e. The van der Waals surface area contributed by atoms with Gasteiger partial charge in [-0.1, -0.05) is 12.2 Å². The maximum absolute atomic E-state index is 12.5. The Balaban J connectivity index is 3.00. The number of amides is 1. The molecule has 1 aliphatic heterocycles. The highest BCUT2D eigenvalue weighted by molar-refractivity contribution is 5.69. The summed E-state index contributed by atoms with van der Waals surface area (Å²) in [6.07, 6.45) is 4.18. The zero-order chi connectivity index (χ0) is 16.3. The van der Waals surface area contributed by atoms with Gasteiger partial charge in [0.2, 0.25) is 0 Å². The maximum atomic E-state index is 12.5. The summed E-state index contributed by atoms with van der Waals surface area (Å²) < 4.78 is 11.3. The predicted molar refractivity (Wildman–Crippen MR) is 81.9 cm³/mol. The van der Waals surface area contributed by atoms with Gasteiger partial charge in [0.05, 0.1) is 12.6 Å². The first-order valence-electron chi connectivity index (χ1n) is 7.52. The Hall–Kier alpha value is -1.07. The van der Waals surface area contributed by atoms with Crippen molar-refractivity contribution in [2.24, 2.45) is 5.92 Å². The normalized spacial score (nSPS) is 23.6. The quantitative estimate of drug-likeness (QED) is 0.811. The fraction of sp³-hybridized carbons (Fsp3) is 0.812. The number of ether oxygens (including phenoxy) is 2. The van der Waals surface area contributed by atoms with Crippen LogP contribution < -0.4 is 0 Å². The van der Waals surface area contributed by atoms with Crippen LogP contribution in [0, 0.1) is 5.92 Å². The van der Waals surface area contributed by atoms with E-state index in [4.69, 9.17) is 9.47 Å². The van der Waals surface area contributed by atoms with Crippen LogP contribution in [0.4, 0.5) is 4.79 Å². The van der Waals surface area contributed by atoms with Crippen LogP contribution in [0.25, 0.3) is 0 Å². The first-order valence-corrected chi connectivity index (χ1v) is 7.52. The number of aliphatic hydroxyl groups is 1. The molecule has 122 valence electrons. The number of allylic oxidation sites excluding steroid dienone is 1. The number of rotatable bonds is 4. The van der Waals surface area contributed by atoms with Crippen LogP contribution in [0.3, 0.4) is 0 Å². The van der Waals surface area contributed by atoms with Crippen molar-refractivity contribution < 1.29 is 19.4 Å². The van der Waals surface area contributed by atoms with Gasteiger partial charge in [-0.3, -0.25) is 4.90 Å². The highest BCUT2D eigenvalue weighted by atomic mass is 16.6. The molecule has 0 saturated carbocycles. The van der Waals surface area contributed by atoms with Crippen molar-refractivity contribution >= 4 is 6.09 Å². The third-order valence-electron chi connectivity index (χ3n) is 3.51. The van der Waals surface area contributed by atoms with Crippen molar-refractivity contribution in [3.8, 4) is 0 Å². The molecule has 0 aromatic carbocycles. The molecule has 1 heterocycles. The van der Waals surface area contributed by atoms with E-state index in [0.29, 0.717) is 13.0 Å². The van der Waals surface area contributed by atoms with Crippen molar-refractivity contribution in [2.45, 2.75) is 65.3 Å². The van der Waals surface area contributed by atoms with Gasteiger partial charge in [-0.25, -0.2) is 4.79 Å². The van der Waals surface area contributed by atoms with E-state index in [9.17, 15) is 9.90 Å². The van der Waals surface area contributed by atoms with Gasteiger partial charge in [-0.05, 0) is 48.0 Å². The Labute approximate surface area is 127 Å². The van der Waals surface area contributed by atoms with E-state index < -0.39 is 11.3 Å². The molecule has 0 radical (unpaired) electrons. The average molecular weight is 299 g/mol. The summed E-state index contributed by atoms with van der Waals surface area (Å²) in [6, 6.07) is -0.127. The molecule has 1 amide bonds. The predicted octanol–water partition coefficient (Wildman–Crippen LogP) is 2.93. The van der Waals surface area contributed by atoms with E-state index in [2.05, 4.69) is 0 Å². The second-order valence-corrected chi connectivity index (χ2v) is 6.88. The zero-order valence-corrected chi connectivity index (χ0v) is 14.0. The van der Waals surface area contributed by atoms with E-state index in [1.807, 2.05) is 53.7 Å². The van der Waals surface area contributed by atoms with Crippen LogP contribution in [-0.4, -0.2) is 46.7 Å². The minimum Gasteiger partial charge on any atom is -0.444 e. The second kappa shape index (κ2) is 6.79. The molecule has 1 N–H and O–H groups in total. The smallest absolute Gasteiger partial charge is 0.412 e. The molecular weight excluding hydrogens is 270 g/mol. The van der Waals surface area contributed by atoms with Crippen molar-refractivity contribution in [2.75, 3.05) is 13.2 Å². The lowest BCUT2D eigenvalue weighted by molar-refractivity contribution is -0.0640. The summed E-state index contributed by atoms with van der Waals surface area (Å²) in [5, 5.41) is 9.26. The van der Waals surface area contributed by atoms with Gasteiger partial charge in [0.25, 0.3) is 0 Å². The molecule has 1 aliphatic rings. The van der Waals surface area contributed by atoms with E-state index in [0.717, 1.165) is 0 Å². The Bertz CT molecular complexity index is 384. The number of hydrogen-bond acceptors (Lipinski definition) is 4. The lowest BCUT2D eigenvalue weighted by atomic mass is 9.95. The Morgan fingerprint density at radius 1 is 1.52 bits per heavy atom. The number of hydrogen-bond donors (Lipinski definition) is 1. The third-order valence-corrected chi connectivity index (χ3v) is 3.51. The van der Waals surface area contributed by atoms with Crippen LogP contribution in [-0.2, 0) is 9.47 Å². The van der Waals surface area contributed by atoms with Crippen LogP contribution in [0.15, 0.2) is 12.2 Å². The van der Waals surface area contributed by atoms with Gasteiger partial charge in [0.15, 0.2) is 0 Å². The molecule has 5 nitrogen and oxygen atoms in total. The van der Waals surface area contributed by atoms with Gasteiger partial charge >= 0.3 is 6.09 Å². The summed E-state index contributed by atoms with van der Waals surface area (Å²) in [7, 11) is 0. The summed E-state index contributed by atoms with van der Waals surface area (Å²) in [5.74, 6) is 0.0503. The van der Waals surface area contributed by atoms with Crippen molar-refractivity contribution in [1.29, 1.82) is 0 Å². The molecule has 0 spiro atoms. The molecule has 1 saturated heterocycles. The van der Waals surface area contributed by atoms with Crippen LogP contribution in [0.5, 0.6) is 0 Å². The number of aliphatic hydroxyl groups excluding tert-OH is 1. The standard InChI is InChI=1S/C16H29NO4/c1-7-8-12(9-10-18)13-11-20-16(5,6)17(13)14(19)21-15(2,3)4/h7-8,12-13,18H,9-11H2,1-6H3/b8-7+/t12-,13-/m1/s1. The zero-order valence-electron chi connectivity index (χ0n) is 14.0. The van der Waals surface area contributed by atoms with E-state index in [1.165, 1.54) is 0 Å². The van der Waals surface area contributed by atoms with Gasteiger partial charge < -0.3 is 14.6 Å². The fourth-order valence-electron chi connectivity index (χ4n) is 2.63. The molecule has 0 bridgehead atoms.